The largest absolute Gasteiger partial charge is 0.504 e. The van der Waals surface area contributed by atoms with Crippen LogP contribution in [-0.4, -0.2) is 63.1 Å². The average molecular weight is 1630 g/mol. The monoisotopic (exact) mass is 1630 g/mol. The van der Waals surface area contributed by atoms with E-state index < -0.39 is 28.4 Å². The minimum Gasteiger partial charge on any atom is -0.504 e. The topological polar surface area (TPSA) is 245 Å². The highest BCUT2D eigenvalue weighted by atomic mass is 127. The highest BCUT2D eigenvalue weighted by molar-refractivity contribution is 14.1. The van der Waals surface area contributed by atoms with Crippen molar-refractivity contribution >= 4 is 55.5 Å². The van der Waals surface area contributed by atoms with Gasteiger partial charge in [-0.2, -0.15) is 0 Å². The Morgan fingerprint density at radius 1 is 0.360 bits per heavy atom. The maximum absolute atomic E-state index is 13.8. The zero-order valence-corrected chi connectivity index (χ0v) is 67.7. The third kappa shape index (κ3) is 24.0. The van der Waals surface area contributed by atoms with Crippen molar-refractivity contribution < 1.29 is 71.6 Å². The molecule has 18 nitrogen and oxygen atoms in total. The van der Waals surface area contributed by atoms with Gasteiger partial charge in [0.2, 0.25) is 45.0 Å². The lowest BCUT2D eigenvalue weighted by atomic mass is 10.0. The van der Waals surface area contributed by atoms with Gasteiger partial charge in [0.1, 0.15) is 30.0 Å². The highest BCUT2D eigenvalue weighted by Crippen LogP contribution is 2.46. The Labute approximate surface area is 664 Å². The highest BCUT2D eigenvalue weighted by Gasteiger charge is 2.26. The van der Waals surface area contributed by atoms with Gasteiger partial charge < -0.3 is 71.6 Å². The zero-order valence-electron chi connectivity index (χ0n) is 65.6. The van der Waals surface area contributed by atoms with Crippen LogP contribution in [0.15, 0.2) is 192 Å². The van der Waals surface area contributed by atoms with E-state index in [1.165, 1.54) is 130 Å². The molecule has 0 aliphatic carbocycles. The fourth-order valence-corrected chi connectivity index (χ4v) is 13.3. The lowest BCUT2D eigenvalue weighted by molar-refractivity contribution is 0.297. The Kier molecular flexibility index (Phi) is 34.9. The predicted octanol–water partition coefficient (Wildman–Crippen LogP) is 23.1. The maximum Gasteiger partial charge on any atom is 0.235 e. The first-order chi connectivity index (χ1) is 54.0. The first kappa shape index (κ1) is 86.1. The van der Waals surface area contributed by atoms with Crippen LogP contribution >= 0.6 is 22.6 Å². The van der Waals surface area contributed by atoms with Gasteiger partial charge in [-0.25, -0.2) is 0 Å². The molecule has 0 radical (unpaired) electrons. The fraction of sp³-hybridized carbons (Fsp3) is 0.359. The van der Waals surface area contributed by atoms with Gasteiger partial charge in [0.05, 0.1) is 58.8 Å². The van der Waals surface area contributed by atoms with Crippen molar-refractivity contribution in [1.29, 1.82) is 0 Å². The van der Waals surface area contributed by atoms with Gasteiger partial charge in [-0.3, -0.25) is 14.4 Å². The van der Waals surface area contributed by atoms with E-state index in [4.69, 9.17) is 51.1 Å². The van der Waals surface area contributed by atoms with Crippen LogP contribution < -0.4 is 54.2 Å². The molecule has 3 heterocycles. The molecule has 0 atom stereocenters. The molecular weight excluding hydrogens is 1520 g/mol. The molecule has 0 spiro atoms. The molecule has 0 bridgehead atoms. The molecule has 19 heteroatoms. The number of halogens is 1. The van der Waals surface area contributed by atoms with Gasteiger partial charge in [-0.1, -0.05) is 202 Å². The first-order valence-electron chi connectivity index (χ1n) is 38.4. The normalized spacial score (nSPS) is 10.9. The number of hydrogen-bond donors (Lipinski definition) is 4. The van der Waals surface area contributed by atoms with Crippen LogP contribution in [0, 0.1) is 3.57 Å². The van der Waals surface area contributed by atoms with Gasteiger partial charge in [0.25, 0.3) is 0 Å². The second-order valence-electron chi connectivity index (χ2n) is 27.1. The molecule has 590 valence electrons. The molecule has 0 amide bonds. The summed E-state index contributed by atoms with van der Waals surface area (Å²) >= 11 is 2.18. The van der Waals surface area contributed by atoms with E-state index in [0.29, 0.717) is 84.7 Å². The van der Waals surface area contributed by atoms with E-state index >= 15 is 0 Å². The third-order valence-corrected chi connectivity index (χ3v) is 19.6. The molecule has 8 aromatic carbocycles. The number of allylic oxidation sites excluding steroid dienone is 1. The molecule has 0 saturated heterocycles. The molecule has 0 aliphatic rings. The summed E-state index contributed by atoms with van der Waals surface area (Å²) in [4.78, 5) is 39.8. The van der Waals surface area contributed by atoms with Crippen molar-refractivity contribution in [3.05, 3.63) is 221 Å². The number of benzene rings is 8. The van der Waals surface area contributed by atoms with E-state index in [9.17, 15) is 34.8 Å². The van der Waals surface area contributed by atoms with Crippen LogP contribution in [0.5, 0.6) is 69.0 Å². The Morgan fingerprint density at radius 2 is 0.712 bits per heavy atom. The third-order valence-electron chi connectivity index (χ3n) is 18.9. The maximum atomic E-state index is 13.8. The molecule has 0 fully saturated rings. The Morgan fingerprint density at radius 3 is 1.10 bits per heavy atom. The van der Waals surface area contributed by atoms with Crippen LogP contribution in [0.25, 0.3) is 66.9 Å². The Hall–Kier alpha value is -10.5. The number of aryl methyl sites for hydroxylation is 2. The van der Waals surface area contributed by atoms with Crippen molar-refractivity contribution in [2.45, 2.75) is 175 Å². The number of ether oxygens (including phenoxy) is 8. The van der Waals surface area contributed by atoms with Gasteiger partial charge in [0.15, 0.2) is 57.5 Å². The molecule has 11 rings (SSSR count). The molecule has 3 aromatic heterocycles. The van der Waals surface area contributed by atoms with Crippen LogP contribution in [0.4, 0.5) is 0 Å². The second kappa shape index (κ2) is 45.0. The van der Waals surface area contributed by atoms with Gasteiger partial charge in [-0.15, -0.1) is 6.58 Å². The number of fused-ring (bicyclic) bond motifs is 3. The summed E-state index contributed by atoms with van der Waals surface area (Å²) in [5.74, 6) is 0.952. The molecule has 11 aromatic rings. The number of phenols is 3. The molecule has 111 heavy (non-hydrogen) atoms. The number of unbranched alkanes of at least 4 members (excludes halogenated alkanes) is 17. The second-order valence-corrected chi connectivity index (χ2v) is 28.3. The first-order valence-corrected chi connectivity index (χ1v) is 39.5. The van der Waals surface area contributed by atoms with E-state index in [0.717, 1.165) is 70.1 Å². The van der Waals surface area contributed by atoms with Gasteiger partial charge in [-0.05, 0) is 162 Å². The van der Waals surface area contributed by atoms with Crippen LogP contribution in [0.3, 0.4) is 0 Å². The quantitative estimate of drug-likeness (QED) is 0.0122. The molecule has 4 N–H and O–H groups in total. The summed E-state index contributed by atoms with van der Waals surface area (Å²) in [6.45, 7) is 10.8. The summed E-state index contributed by atoms with van der Waals surface area (Å²) in [7, 11) is 9.27. The summed E-state index contributed by atoms with van der Waals surface area (Å²) in [5.41, 5.74) is 5.57. The van der Waals surface area contributed by atoms with Crippen LogP contribution in [-0.2, 0) is 26.1 Å². The SMILES string of the molecule is C=CCCCCCCC.CCCCCCCCCc1ccc2c(=O)c(O)c(-c3cc(O)c(O)c(O)c3)oc2c1.CCCCCCCCCc1ccc2c(=O)c(OCc3ccccc3)c(-c3cc(OC)c(OC)c(OC)c3)oc2c1.COc1cc(-c2oc3cc(I)ccc3c(=O)c2OCc2ccccc2)cc(OC)c1OC. The standard InChI is InChI=1S/C34H40O6.C25H21IO6.C24H28O6.C9H18/c1-5-6-7-8-9-10-12-15-24-18-19-27-28(20-24)40-32(26-21-29(36-2)33(38-4)30(22-26)37-3)34(31(27)35)39-23-25-16-13-11-14-17-25;1-28-20-11-16(12-21(29-2)24(20)30-3)23-25(31-14-15-7-5-4-6-8-15)22(27)18-10-9-17(26)13-19(18)32-23;1-2-3-4-5-6-7-8-9-15-10-11-17-20(12-15)30-24(23(29)21(17)27)16-13-18(25)22(28)19(26)14-16;1-3-5-7-9-8-6-4-2/h11,13-14,16-22H,5-10,12,15,23H2,1-4H3;4-13H,14H2,1-3H3;10-14,25-26,28-29H,2-9H2,1H3;3H,1,4-9H2,2H3. The summed E-state index contributed by atoms with van der Waals surface area (Å²) in [6, 6.07) is 45.2. The number of rotatable bonds is 37. The fourth-order valence-electron chi connectivity index (χ4n) is 12.8. The summed E-state index contributed by atoms with van der Waals surface area (Å²) in [6.07, 6.45) is 29.1. The van der Waals surface area contributed by atoms with E-state index in [1.807, 2.05) is 103 Å². The minimum atomic E-state index is -0.682. The van der Waals surface area contributed by atoms with Crippen LogP contribution in [0.2, 0.25) is 0 Å². The Bertz CT molecular complexity index is 4890. The summed E-state index contributed by atoms with van der Waals surface area (Å²) < 4.78 is 64.6. The lowest BCUT2D eigenvalue weighted by Gasteiger charge is -2.16. The van der Waals surface area contributed by atoms with Crippen molar-refractivity contribution in [2.75, 3.05) is 42.7 Å². The van der Waals surface area contributed by atoms with E-state index in [1.54, 1.807) is 63.8 Å². The van der Waals surface area contributed by atoms with Crippen molar-refractivity contribution in [2.24, 2.45) is 0 Å². The number of aromatic hydroxyl groups is 4. The van der Waals surface area contributed by atoms with Crippen molar-refractivity contribution in [3.8, 4) is 103 Å². The smallest absolute Gasteiger partial charge is 0.235 e. The van der Waals surface area contributed by atoms with Crippen LogP contribution in [0.1, 0.15) is 171 Å². The van der Waals surface area contributed by atoms with Gasteiger partial charge >= 0.3 is 0 Å². The summed E-state index contributed by atoms with van der Waals surface area (Å²) in [5, 5.41) is 40.5. The zero-order chi connectivity index (χ0) is 79.6. The van der Waals surface area contributed by atoms with Crippen molar-refractivity contribution in [1.82, 2.24) is 0 Å². The Balaban J connectivity index is 0.000000200. The number of hydrogen-bond acceptors (Lipinski definition) is 18. The number of phenolic OH excluding ortho intramolecular Hbond substituents is 3. The molecule has 0 aliphatic heterocycles. The van der Waals surface area contributed by atoms with E-state index in [-0.39, 0.29) is 52.3 Å². The van der Waals surface area contributed by atoms with E-state index in [2.05, 4.69) is 49.9 Å². The van der Waals surface area contributed by atoms with Gasteiger partial charge in [0, 0.05) is 20.3 Å². The molecule has 0 saturated carbocycles. The lowest BCUT2D eigenvalue weighted by Crippen LogP contribution is -2.10. The minimum absolute atomic E-state index is 0.0804. The molecular formula is C92H107IO18. The number of methoxy groups -OCH3 is 6. The average Bonchev–Trinajstić information content (AvgIpc) is 0.779. The molecule has 0 unspecified atom stereocenters. The predicted molar refractivity (Wildman–Crippen MR) is 451 cm³/mol. The van der Waals surface area contributed by atoms with Crippen molar-refractivity contribution in [3.63, 3.8) is 0 Å².